The predicted octanol–water partition coefficient (Wildman–Crippen LogP) is 0.772. The number of rotatable bonds is 5. The van der Waals surface area contributed by atoms with Gasteiger partial charge in [0, 0.05) is 30.7 Å². The summed E-state index contributed by atoms with van der Waals surface area (Å²) >= 11 is 0. The Balaban J connectivity index is 1.12. The number of benzene rings is 1. The first-order chi connectivity index (χ1) is 16.0. The molecule has 4 saturated heterocycles. The van der Waals surface area contributed by atoms with Crippen molar-refractivity contribution in [1.82, 2.24) is 20.4 Å². The number of carbonyl (C=O) groups excluding carboxylic acids is 3. The van der Waals surface area contributed by atoms with Gasteiger partial charge in [-0.05, 0) is 63.0 Å². The molecule has 4 fully saturated rings. The van der Waals surface area contributed by atoms with Crippen LogP contribution in [0.1, 0.15) is 36.0 Å². The summed E-state index contributed by atoms with van der Waals surface area (Å²) in [6.07, 6.45) is 2.72. The fourth-order valence-corrected chi connectivity index (χ4v) is 5.66. The smallest absolute Gasteiger partial charge is 0.240 e. The van der Waals surface area contributed by atoms with Crippen molar-refractivity contribution in [1.29, 1.82) is 0 Å². The molecule has 1 aromatic carbocycles. The molecule has 0 aromatic heterocycles. The molecule has 0 saturated carbocycles. The lowest BCUT2D eigenvalue weighted by Gasteiger charge is -2.41. The Kier molecular flexibility index (Phi) is 6.44. The van der Waals surface area contributed by atoms with Crippen LogP contribution in [-0.4, -0.2) is 85.0 Å². The zero-order valence-corrected chi connectivity index (χ0v) is 18.7. The lowest BCUT2D eigenvalue weighted by atomic mass is 9.88. The fraction of sp³-hybridized carbons (Fsp3) is 0.625. The van der Waals surface area contributed by atoms with E-state index in [9.17, 15) is 18.8 Å². The number of hydrogen-bond acceptors (Lipinski definition) is 6. The first kappa shape index (κ1) is 22.4. The lowest BCUT2D eigenvalue weighted by Crippen LogP contribution is -2.66. The fourth-order valence-electron chi connectivity index (χ4n) is 5.66. The van der Waals surface area contributed by atoms with Gasteiger partial charge in [0.2, 0.25) is 11.8 Å². The first-order valence-corrected chi connectivity index (χ1v) is 12.0. The largest absolute Gasteiger partial charge is 0.381 e. The lowest BCUT2D eigenvalue weighted by molar-refractivity contribution is -0.138. The first-order valence-electron chi connectivity index (χ1n) is 12.0. The van der Waals surface area contributed by atoms with E-state index in [2.05, 4.69) is 15.5 Å². The monoisotopic (exact) mass is 458 g/mol. The highest BCUT2D eigenvalue weighted by Crippen LogP contribution is 2.27. The van der Waals surface area contributed by atoms with Gasteiger partial charge in [0.25, 0.3) is 0 Å². The van der Waals surface area contributed by atoms with Gasteiger partial charge < -0.3 is 15.0 Å². The van der Waals surface area contributed by atoms with Crippen molar-refractivity contribution < 1.29 is 23.5 Å². The van der Waals surface area contributed by atoms with Crippen LogP contribution < -0.4 is 10.6 Å². The Morgan fingerprint density at radius 1 is 1.06 bits per heavy atom. The van der Waals surface area contributed by atoms with E-state index in [0.29, 0.717) is 57.8 Å². The van der Waals surface area contributed by atoms with Crippen LogP contribution in [0.5, 0.6) is 0 Å². The Labute approximate surface area is 192 Å². The molecule has 4 heterocycles. The molecule has 4 atom stereocenters. The molecule has 3 unspecified atom stereocenters. The van der Waals surface area contributed by atoms with Gasteiger partial charge in [0.05, 0.1) is 31.3 Å². The number of amides is 2. The molecule has 0 radical (unpaired) electrons. The van der Waals surface area contributed by atoms with Crippen LogP contribution in [0.3, 0.4) is 0 Å². The summed E-state index contributed by atoms with van der Waals surface area (Å²) in [7, 11) is 0. The normalized spacial score (nSPS) is 31.4. The Bertz CT molecular complexity index is 902. The summed E-state index contributed by atoms with van der Waals surface area (Å²) in [6.45, 7) is 3.63. The molecule has 33 heavy (non-hydrogen) atoms. The van der Waals surface area contributed by atoms with Crippen molar-refractivity contribution in [3.05, 3.63) is 35.6 Å². The average molecular weight is 459 g/mol. The number of likely N-dealkylation sites (tertiary alicyclic amines) is 2. The van der Waals surface area contributed by atoms with E-state index >= 15 is 0 Å². The van der Waals surface area contributed by atoms with E-state index < -0.39 is 0 Å². The molecule has 5 rings (SSSR count). The van der Waals surface area contributed by atoms with Crippen LogP contribution in [0, 0.1) is 17.7 Å². The summed E-state index contributed by atoms with van der Waals surface area (Å²) in [5, 5.41) is 6.48. The minimum absolute atomic E-state index is 0.000426. The third kappa shape index (κ3) is 4.67. The SMILES string of the molecule is O=C(c1ccc(F)cc1)C1CCN([C@H]2CCN(CC3NC(=O)C4COCCC4N3)C2=O)CC1. The molecular formula is C24H31FN4O4. The van der Waals surface area contributed by atoms with Crippen LogP contribution >= 0.6 is 0 Å². The summed E-state index contributed by atoms with van der Waals surface area (Å²) in [4.78, 5) is 42.3. The topological polar surface area (TPSA) is 91.0 Å². The number of nitrogens with zero attached hydrogens (tertiary/aromatic N) is 2. The molecule has 9 heteroatoms. The Hall–Kier alpha value is -2.36. The summed E-state index contributed by atoms with van der Waals surface area (Å²) < 4.78 is 18.6. The molecule has 2 N–H and O–H groups in total. The Morgan fingerprint density at radius 2 is 1.82 bits per heavy atom. The summed E-state index contributed by atoms with van der Waals surface area (Å²) in [6, 6.07) is 5.66. The van der Waals surface area contributed by atoms with Crippen molar-refractivity contribution in [3.63, 3.8) is 0 Å². The van der Waals surface area contributed by atoms with Crippen molar-refractivity contribution in [2.45, 2.75) is 43.9 Å². The average Bonchev–Trinajstić information content (AvgIpc) is 3.19. The minimum atomic E-state index is -0.346. The van der Waals surface area contributed by atoms with Crippen LogP contribution in [0.15, 0.2) is 24.3 Å². The van der Waals surface area contributed by atoms with E-state index in [4.69, 9.17) is 4.74 Å². The molecule has 0 bridgehead atoms. The molecule has 4 aliphatic rings. The molecular weight excluding hydrogens is 427 g/mol. The van der Waals surface area contributed by atoms with Crippen LogP contribution in [-0.2, 0) is 14.3 Å². The Morgan fingerprint density at radius 3 is 2.58 bits per heavy atom. The van der Waals surface area contributed by atoms with E-state index in [1.165, 1.54) is 12.1 Å². The van der Waals surface area contributed by atoms with Crippen molar-refractivity contribution in [2.75, 3.05) is 39.4 Å². The van der Waals surface area contributed by atoms with Gasteiger partial charge >= 0.3 is 0 Å². The third-order valence-corrected chi connectivity index (χ3v) is 7.57. The number of halogens is 1. The summed E-state index contributed by atoms with van der Waals surface area (Å²) in [5.74, 6) is -0.437. The van der Waals surface area contributed by atoms with Gasteiger partial charge in [-0.3, -0.25) is 24.6 Å². The number of nitrogens with one attached hydrogen (secondary N) is 2. The van der Waals surface area contributed by atoms with Gasteiger partial charge in [-0.2, -0.15) is 0 Å². The zero-order chi connectivity index (χ0) is 22.9. The maximum Gasteiger partial charge on any atom is 0.240 e. The standard InChI is InChI=1S/C24H31FN4O4/c25-17-3-1-15(2-4-17)22(30)16-5-9-28(10-6-16)20-7-11-29(24(20)32)13-21-26-19-8-12-33-14-18(19)23(31)27-21/h1-4,16,18-21,26H,5-14H2,(H,27,31)/t18?,19?,20-,21?/m0/s1. The number of carbonyl (C=O) groups is 3. The highest BCUT2D eigenvalue weighted by molar-refractivity contribution is 5.97. The second-order valence-corrected chi connectivity index (χ2v) is 9.57. The number of hydrogen-bond donors (Lipinski definition) is 2. The van der Waals surface area contributed by atoms with E-state index in [0.717, 1.165) is 12.8 Å². The molecule has 0 aliphatic carbocycles. The highest BCUT2D eigenvalue weighted by Gasteiger charge is 2.42. The molecule has 8 nitrogen and oxygen atoms in total. The number of Topliss-reactive ketones (excluding diaryl/α,β-unsaturated/α-hetero) is 1. The number of piperidine rings is 1. The minimum Gasteiger partial charge on any atom is -0.381 e. The number of ketones is 1. The van der Waals surface area contributed by atoms with Gasteiger partial charge in [-0.25, -0.2) is 4.39 Å². The van der Waals surface area contributed by atoms with Gasteiger partial charge in [-0.15, -0.1) is 0 Å². The highest BCUT2D eigenvalue weighted by atomic mass is 19.1. The zero-order valence-electron chi connectivity index (χ0n) is 18.7. The molecule has 178 valence electrons. The molecule has 2 amide bonds. The molecule has 0 spiro atoms. The second-order valence-electron chi connectivity index (χ2n) is 9.57. The van der Waals surface area contributed by atoms with Crippen LogP contribution in [0.25, 0.3) is 0 Å². The maximum absolute atomic E-state index is 13.1. The molecule has 1 aromatic rings. The maximum atomic E-state index is 13.1. The van der Waals surface area contributed by atoms with Crippen molar-refractivity contribution in [2.24, 2.45) is 11.8 Å². The van der Waals surface area contributed by atoms with Gasteiger partial charge in [0.1, 0.15) is 5.82 Å². The van der Waals surface area contributed by atoms with Crippen LogP contribution in [0.2, 0.25) is 0 Å². The van der Waals surface area contributed by atoms with Crippen molar-refractivity contribution >= 4 is 17.6 Å². The number of fused-ring (bicyclic) bond motifs is 1. The molecule has 4 aliphatic heterocycles. The van der Waals surface area contributed by atoms with E-state index in [1.807, 2.05) is 4.90 Å². The van der Waals surface area contributed by atoms with Gasteiger partial charge in [0.15, 0.2) is 5.78 Å². The van der Waals surface area contributed by atoms with E-state index in [-0.39, 0.29) is 53.5 Å². The number of ether oxygens (including phenoxy) is 1. The summed E-state index contributed by atoms with van der Waals surface area (Å²) in [5.41, 5.74) is 0.548. The third-order valence-electron chi connectivity index (χ3n) is 7.57. The van der Waals surface area contributed by atoms with Crippen LogP contribution in [0.4, 0.5) is 4.39 Å². The van der Waals surface area contributed by atoms with E-state index in [1.54, 1.807) is 12.1 Å². The predicted molar refractivity (Wildman–Crippen MR) is 118 cm³/mol. The second kappa shape index (κ2) is 9.48. The van der Waals surface area contributed by atoms with Crippen molar-refractivity contribution in [3.8, 4) is 0 Å². The van der Waals surface area contributed by atoms with Gasteiger partial charge in [-0.1, -0.05) is 0 Å². The quantitative estimate of drug-likeness (QED) is 0.634.